The molecule has 0 bridgehead atoms. The molecule has 0 aromatic carbocycles. The second-order valence-corrected chi connectivity index (χ2v) is 10.8. The first-order valence-corrected chi connectivity index (χ1v) is 12.3. The number of rotatable bonds is 4. The average Bonchev–Trinajstić information content (AvgIpc) is 3.38. The van der Waals surface area contributed by atoms with Gasteiger partial charge < -0.3 is 9.13 Å². The fourth-order valence-electron chi connectivity index (χ4n) is 4.42. The smallest absolute Gasteiger partial charge is 0.321 e. The highest BCUT2D eigenvalue weighted by molar-refractivity contribution is 7.91. The predicted octanol–water partition coefficient (Wildman–Crippen LogP) is 3.03. The SMILES string of the molecule is CCS(=O)(=O)c1c(-c2nc3cc(C(F)(F)F)n(C)c(=O)c3n2C)nn2cc(C3CC3C#N)ccc12. The van der Waals surface area contributed by atoms with Gasteiger partial charge in [-0.25, -0.2) is 17.9 Å². The van der Waals surface area contributed by atoms with Gasteiger partial charge in [0.05, 0.1) is 28.8 Å². The lowest BCUT2D eigenvalue weighted by Crippen LogP contribution is -2.26. The molecule has 0 N–H and O–H groups in total. The monoisotopic (exact) mass is 504 g/mol. The molecule has 2 unspecified atom stereocenters. The van der Waals surface area contributed by atoms with Crippen LogP contribution < -0.4 is 5.56 Å². The van der Waals surface area contributed by atoms with Crippen LogP contribution in [0, 0.1) is 17.2 Å². The normalized spacial score (nSPS) is 18.3. The van der Waals surface area contributed by atoms with Crippen molar-refractivity contribution in [3.63, 3.8) is 0 Å². The molecular weight excluding hydrogens is 485 g/mol. The van der Waals surface area contributed by atoms with Crippen molar-refractivity contribution in [2.45, 2.75) is 30.3 Å². The van der Waals surface area contributed by atoms with Gasteiger partial charge in [-0.05, 0) is 24.1 Å². The van der Waals surface area contributed by atoms with Gasteiger partial charge in [0.1, 0.15) is 21.8 Å². The molecular formula is C22H19F3N6O3S. The molecule has 1 saturated carbocycles. The highest BCUT2D eigenvalue weighted by Gasteiger charge is 2.39. The van der Waals surface area contributed by atoms with Gasteiger partial charge in [-0.3, -0.25) is 4.79 Å². The van der Waals surface area contributed by atoms with Crippen LogP contribution in [0.2, 0.25) is 0 Å². The molecule has 0 saturated heterocycles. The molecule has 0 aliphatic heterocycles. The molecule has 5 rings (SSSR count). The molecule has 0 amide bonds. The number of imidazole rings is 1. The Morgan fingerprint density at radius 3 is 2.54 bits per heavy atom. The lowest BCUT2D eigenvalue weighted by atomic mass is 10.1. The van der Waals surface area contributed by atoms with Gasteiger partial charge in [0, 0.05) is 26.2 Å². The maximum atomic E-state index is 13.4. The van der Waals surface area contributed by atoms with Gasteiger partial charge in [0.25, 0.3) is 5.56 Å². The molecule has 0 spiro atoms. The molecule has 4 heterocycles. The molecule has 35 heavy (non-hydrogen) atoms. The first kappa shape index (κ1) is 23.1. The second-order valence-electron chi connectivity index (χ2n) is 8.57. The molecule has 2 atom stereocenters. The van der Waals surface area contributed by atoms with Gasteiger partial charge in [-0.1, -0.05) is 13.0 Å². The topological polar surface area (TPSA) is 115 Å². The molecule has 0 radical (unpaired) electrons. The van der Waals surface area contributed by atoms with E-state index in [1.165, 1.54) is 23.1 Å². The van der Waals surface area contributed by atoms with Crippen LogP contribution in [0.25, 0.3) is 28.1 Å². The predicted molar refractivity (Wildman–Crippen MR) is 119 cm³/mol. The first-order chi connectivity index (χ1) is 16.4. The molecule has 13 heteroatoms. The minimum Gasteiger partial charge on any atom is -0.321 e. The summed E-state index contributed by atoms with van der Waals surface area (Å²) in [6.45, 7) is 1.47. The molecule has 1 aliphatic rings. The van der Waals surface area contributed by atoms with E-state index in [4.69, 9.17) is 5.26 Å². The molecule has 1 fully saturated rings. The van der Waals surface area contributed by atoms with Gasteiger partial charge in [-0.15, -0.1) is 0 Å². The third-order valence-corrected chi connectivity index (χ3v) is 8.23. The van der Waals surface area contributed by atoms with Crippen LogP contribution in [0.15, 0.2) is 34.1 Å². The minimum atomic E-state index is -4.78. The Morgan fingerprint density at radius 1 is 1.23 bits per heavy atom. The van der Waals surface area contributed by atoms with E-state index in [0.717, 1.165) is 18.7 Å². The van der Waals surface area contributed by atoms with Crippen LogP contribution in [-0.4, -0.2) is 37.9 Å². The van der Waals surface area contributed by atoms with Crippen molar-refractivity contribution in [3.05, 3.63) is 46.0 Å². The largest absolute Gasteiger partial charge is 0.431 e. The standard InChI is InChI=1S/C22H19F3N6O3S/c1-4-35(33,34)19-15-6-5-11(13-7-12(13)9-26)10-31(15)28-17(19)20-27-14-8-16(22(23,24)25)29(2)21(32)18(14)30(20)3/h5-6,8,10,12-13H,4,7H2,1-3H3. The number of aryl methyl sites for hydroxylation is 1. The quantitative estimate of drug-likeness (QED) is 0.422. The molecule has 4 aromatic heterocycles. The van der Waals surface area contributed by atoms with E-state index in [2.05, 4.69) is 16.2 Å². The molecule has 9 nitrogen and oxygen atoms in total. The van der Waals surface area contributed by atoms with Crippen molar-refractivity contribution in [2.75, 3.05) is 5.75 Å². The summed E-state index contributed by atoms with van der Waals surface area (Å²) in [6.07, 6.45) is -2.43. The summed E-state index contributed by atoms with van der Waals surface area (Å²) >= 11 is 0. The van der Waals surface area contributed by atoms with E-state index in [9.17, 15) is 26.4 Å². The Kier molecular flexibility index (Phi) is 4.90. The van der Waals surface area contributed by atoms with Gasteiger partial charge in [0.2, 0.25) is 0 Å². The Hall–Kier alpha value is -3.66. The number of nitriles is 1. The zero-order chi connectivity index (χ0) is 25.4. The van der Waals surface area contributed by atoms with Crippen molar-refractivity contribution in [1.82, 2.24) is 23.7 Å². The Morgan fingerprint density at radius 2 is 1.94 bits per heavy atom. The maximum absolute atomic E-state index is 13.4. The van der Waals surface area contributed by atoms with Crippen molar-refractivity contribution in [2.24, 2.45) is 20.0 Å². The number of halogens is 3. The number of hydrogen-bond donors (Lipinski definition) is 0. The summed E-state index contributed by atoms with van der Waals surface area (Å²) in [7, 11) is -1.40. The van der Waals surface area contributed by atoms with Crippen molar-refractivity contribution < 1.29 is 21.6 Å². The van der Waals surface area contributed by atoms with Crippen molar-refractivity contribution >= 4 is 26.4 Å². The molecule has 1 aliphatic carbocycles. The van der Waals surface area contributed by atoms with Crippen LogP contribution in [0.3, 0.4) is 0 Å². The number of pyridine rings is 2. The lowest BCUT2D eigenvalue weighted by molar-refractivity contribution is -0.143. The highest BCUT2D eigenvalue weighted by Crippen LogP contribution is 2.47. The summed E-state index contributed by atoms with van der Waals surface area (Å²) < 4.78 is 69.7. The van der Waals surface area contributed by atoms with Gasteiger partial charge in [0.15, 0.2) is 15.7 Å². The number of sulfone groups is 1. The van der Waals surface area contributed by atoms with Gasteiger partial charge >= 0.3 is 6.18 Å². The number of aromatic nitrogens is 5. The van der Waals surface area contributed by atoms with Crippen LogP contribution in [-0.2, 0) is 30.1 Å². The number of nitrogens with zero attached hydrogens (tertiary/aromatic N) is 6. The maximum Gasteiger partial charge on any atom is 0.431 e. The van der Waals surface area contributed by atoms with Crippen LogP contribution in [0.4, 0.5) is 13.2 Å². The Balaban J connectivity index is 1.80. The zero-order valence-corrected chi connectivity index (χ0v) is 19.6. The second kappa shape index (κ2) is 7.42. The fraction of sp³-hybridized carbons (Fsp3) is 0.364. The van der Waals surface area contributed by atoms with E-state index in [-0.39, 0.29) is 50.6 Å². The molecule has 182 valence electrons. The van der Waals surface area contributed by atoms with E-state index < -0.39 is 27.3 Å². The van der Waals surface area contributed by atoms with E-state index >= 15 is 0 Å². The highest BCUT2D eigenvalue weighted by atomic mass is 32.2. The summed E-state index contributed by atoms with van der Waals surface area (Å²) in [5, 5.41) is 13.6. The fourth-order valence-corrected chi connectivity index (χ4v) is 5.61. The third-order valence-electron chi connectivity index (χ3n) is 6.45. The number of hydrogen-bond acceptors (Lipinski definition) is 6. The first-order valence-electron chi connectivity index (χ1n) is 10.7. The Bertz CT molecular complexity index is 1740. The minimum absolute atomic E-state index is 0.0304. The van der Waals surface area contributed by atoms with Crippen LogP contribution >= 0.6 is 0 Å². The number of alkyl halides is 3. The van der Waals surface area contributed by atoms with Crippen LogP contribution in [0.5, 0.6) is 0 Å². The van der Waals surface area contributed by atoms with E-state index in [0.29, 0.717) is 11.0 Å². The summed E-state index contributed by atoms with van der Waals surface area (Å²) in [5.41, 5.74) is -1.38. The number of fused-ring (bicyclic) bond motifs is 2. The molecule has 4 aromatic rings. The summed E-state index contributed by atoms with van der Waals surface area (Å²) in [4.78, 5) is 16.9. The van der Waals surface area contributed by atoms with Gasteiger partial charge in [-0.2, -0.15) is 23.5 Å². The zero-order valence-electron chi connectivity index (χ0n) is 18.8. The Labute approximate surface area is 196 Å². The van der Waals surface area contributed by atoms with E-state index in [1.54, 1.807) is 18.3 Å². The average molecular weight is 504 g/mol. The van der Waals surface area contributed by atoms with Crippen LogP contribution in [0.1, 0.15) is 30.5 Å². The van der Waals surface area contributed by atoms with Crippen molar-refractivity contribution in [3.8, 4) is 17.6 Å². The van der Waals surface area contributed by atoms with E-state index in [1.807, 2.05) is 0 Å². The third kappa shape index (κ3) is 3.43. The lowest BCUT2D eigenvalue weighted by Gasteiger charge is -2.11. The van der Waals surface area contributed by atoms with Crippen molar-refractivity contribution in [1.29, 1.82) is 5.26 Å². The summed E-state index contributed by atoms with van der Waals surface area (Å²) in [5.74, 6) is -0.371. The summed E-state index contributed by atoms with van der Waals surface area (Å²) in [6, 6.07) is 6.32.